The zero-order valence-electron chi connectivity index (χ0n) is 18.1. The molecule has 3 rings (SSSR count). The van der Waals surface area contributed by atoms with Crippen LogP contribution in [0.5, 0.6) is 23.5 Å². The maximum atomic E-state index is 12.2. The van der Waals surface area contributed by atoms with Crippen LogP contribution in [-0.4, -0.2) is 63.8 Å². The fraction of sp³-hybridized carbons (Fsp3) is 0.222. The first-order valence-electron chi connectivity index (χ1n) is 9.69. The van der Waals surface area contributed by atoms with E-state index in [9.17, 15) is 43.8 Å². The normalized spacial score (nSPS) is 12.4. The Labute approximate surface area is 210 Å². The summed E-state index contributed by atoms with van der Waals surface area (Å²) < 4.78 is 32.4. The van der Waals surface area contributed by atoms with Crippen molar-refractivity contribution in [2.75, 3.05) is 0 Å². The van der Waals surface area contributed by atoms with Crippen molar-refractivity contribution in [3.63, 3.8) is 0 Å². The Morgan fingerprint density at radius 2 is 1.89 bits per heavy atom. The zero-order chi connectivity index (χ0) is 26.8. The van der Waals surface area contributed by atoms with Crippen molar-refractivity contribution >= 4 is 43.4 Å². The minimum absolute atomic E-state index is 0.102. The summed E-state index contributed by atoms with van der Waals surface area (Å²) in [5, 5.41) is 51.4. The number of rotatable bonds is 10. The second kappa shape index (κ2) is 10.6. The molecular weight excluding hydrogens is 544 g/mol. The summed E-state index contributed by atoms with van der Waals surface area (Å²) in [6.45, 7) is 1.81. The number of nitrogens with zero attached hydrogens (tertiary/aromatic N) is 4. The molecule has 0 radical (unpaired) electrons. The number of hydrogen-bond acceptors (Lipinski definition) is 13. The second-order valence-corrected chi connectivity index (χ2v) is 11.2. The van der Waals surface area contributed by atoms with E-state index in [-0.39, 0.29) is 17.4 Å². The van der Waals surface area contributed by atoms with Crippen LogP contribution in [0.2, 0.25) is 0 Å². The van der Waals surface area contributed by atoms with Gasteiger partial charge in [0.2, 0.25) is 11.8 Å². The molecule has 0 saturated heterocycles. The second-order valence-electron chi connectivity index (χ2n) is 7.11. The lowest BCUT2D eigenvalue weighted by molar-refractivity contribution is -0.385. The van der Waals surface area contributed by atoms with E-state index in [4.69, 9.17) is 9.39 Å². The molecule has 0 aromatic carbocycles. The molecule has 0 fully saturated rings. The maximum Gasteiger partial charge on any atom is 0.333 e. The number of carbonyl (C=O) groups excluding carboxylic acids is 1. The number of aromatic nitrogens is 3. The topological polar surface area (TPSA) is 227 Å². The van der Waals surface area contributed by atoms with Crippen LogP contribution in [0.1, 0.15) is 19.8 Å². The molecule has 1 atom stereocenters. The smallest absolute Gasteiger partial charge is 0.333 e. The van der Waals surface area contributed by atoms with E-state index in [0.29, 0.717) is 26.8 Å². The first kappa shape index (κ1) is 27.0. The van der Waals surface area contributed by atoms with Crippen molar-refractivity contribution in [3.05, 3.63) is 40.6 Å². The zero-order valence-corrected chi connectivity index (χ0v) is 20.5. The molecular formula is C18H18N4O11S3. The highest BCUT2D eigenvalue weighted by Gasteiger charge is 2.28. The van der Waals surface area contributed by atoms with E-state index >= 15 is 0 Å². The maximum absolute atomic E-state index is 12.2. The lowest BCUT2D eigenvalue weighted by atomic mass is 10.2. The molecule has 0 bridgehead atoms. The third-order valence-electron chi connectivity index (χ3n) is 4.51. The predicted octanol–water partition coefficient (Wildman–Crippen LogP) is 2.22. The molecule has 36 heavy (non-hydrogen) atoms. The van der Waals surface area contributed by atoms with Crippen LogP contribution < -0.4 is 4.84 Å². The quantitative estimate of drug-likeness (QED) is 0.103. The van der Waals surface area contributed by atoms with Crippen molar-refractivity contribution in [1.82, 2.24) is 14.3 Å². The molecule has 15 nitrogen and oxygen atoms in total. The molecule has 0 amide bonds. The average Bonchev–Trinajstić information content (AvgIpc) is 3.25. The molecule has 3 heterocycles. The van der Waals surface area contributed by atoms with Gasteiger partial charge in [0.25, 0.3) is 21.7 Å². The largest absolute Gasteiger partial charge is 0.494 e. The average molecular weight is 563 g/mol. The number of nitro groups is 1. The molecule has 0 aliphatic rings. The van der Waals surface area contributed by atoms with Crippen LogP contribution in [0.25, 0.3) is 5.69 Å². The summed E-state index contributed by atoms with van der Waals surface area (Å²) in [5.74, 6) is -4.73. The van der Waals surface area contributed by atoms with E-state index in [1.807, 2.05) is 6.92 Å². The van der Waals surface area contributed by atoms with Gasteiger partial charge in [-0.25, -0.2) is 14.3 Å². The Balaban J connectivity index is 1.62. The van der Waals surface area contributed by atoms with Crippen molar-refractivity contribution in [3.8, 4) is 29.2 Å². The Morgan fingerprint density at radius 3 is 2.44 bits per heavy atom. The van der Waals surface area contributed by atoms with E-state index in [2.05, 4.69) is 4.98 Å². The molecule has 5 N–H and O–H groups in total. The van der Waals surface area contributed by atoms with Crippen LogP contribution in [0.3, 0.4) is 0 Å². The number of aromatic hydroxyl groups is 4. The lowest BCUT2D eigenvalue weighted by Crippen LogP contribution is -2.19. The molecule has 0 saturated carbocycles. The van der Waals surface area contributed by atoms with Gasteiger partial charge in [0.1, 0.15) is 16.9 Å². The van der Waals surface area contributed by atoms with Crippen molar-refractivity contribution < 1.29 is 48.0 Å². The minimum Gasteiger partial charge on any atom is -0.494 e. The van der Waals surface area contributed by atoms with Gasteiger partial charge >= 0.3 is 5.97 Å². The summed E-state index contributed by atoms with van der Waals surface area (Å²) in [6.07, 6.45) is 1.28. The Hall–Kier alpha value is -3.61. The molecule has 0 aliphatic carbocycles. The SMILES string of the molecule is CC(CCC(=O)On1c(O)cc(-n2c(O)cc(S(=O)(=O)O)c2O)c1O)SSc1ccc([N+](=O)[O-])cn1. The Morgan fingerprint density at radius 1 is 1.19 bits per heavy atom. The van der Waals surface area contributed by atoms with Gasteiger partial charge in [-0.2, -0.15) is 8.42 Å². The van der Waals surface area contributed by atoms with Crippen molar-refractivity contribution in [2.45, 2.75) is 34.9 Å². The highest BCUT2D eigenvalue weighted by molar-refractivity contribution is 8.76. The standard InChI is InChI=1S/C18H18N4O11S3/c1-9(34-35-13-4-3-10(8-19-13)22(28)29)2-5-16(25)33-21-15(24)6-11(17(21)26)20-14(23)7-12(18(20)27)36(30,31)32/h3-4,6-9,23-24,26-27H,2,5H2,1H3,(H,30,31,32). The van der Waals surface area contributed by atoms with Crippen LogP contribution in [0.4, 0.5) is 5.69 Å². The van der Waals surface area contributed by atoms with Gasteiger partial charge in [-0.1, -0.05) is 17.7 Å². The number of hydrogen-bond donors (Lipinski definition) is 5. The number of pyridine rings is 1. The Bertz CT molecular complexity index is 1400. The van der Waals surface area contributed by atoms with Gasteiger partial charge in [-0.05, 0) is 23.3 Å². The highest BCUT2D eigenvalue weighted by Crippen LogP contribution is 2.40. The first-order chi connectivity index (χ1) is 16.8. The van der Waals surface area contributed by atoms with E-state index in [1.165, 1.54) is 33.7 Å². The molecule has 1 unspecified atom stereocenters. The molecule has 3 aromatic heterocycles. The van der Waals surface area contributed by atoms with Gasteiger partial charge in [0.05, 0.1) is 4.92 Å². The summed E-state index contributed by atoms with van der Waals surface area (Å²) in [7, 11) is -2.32. The van der Waals surface area contributed by atoms with Gasteiger partial charge in [0.15, 0.2) is 10.8 Å². The van der Waals surface area contributed by atoms with Crippen molar-refractivity contribution in [1.29, 1.82) is 0 Å². The number of carbonyl (C=O) groups is 1. The van der Waals surface area contributed by atoms with Gasteiger partial charge in [-0.15, -0.1) is 4.73 Å². The fourth-order valence-corrected chi connectivity index (χ4v) is 5.43. The van der Waals surface area contributed by atoms with E-state index in [1.54, 1.807) is 0 Å². The Kier molecular flexibility index (Phi) is 7.92. The van der Waals surface area contributed by atoms with Gasteiger partial charge in [0, 0.05) is 29.9 Å². The fourth-order valence-electron chi connectivity index (χ4n) is 2.78. The molecule has 18 heteroatoms. The third-order valence-corrected chi connectivity index (χ3v) is 8.23. The van der Waals surface area contributed by atoms with Crippen LogP contribution in [-0.2, 0) is 14.9 Å². The van der Waals surface area contributed by atoms with Gasteiger partial charge in [-0.3, -0.25) is 14.7 Å². The summed E-state index contributed by atoms with van der Waals surface area (Å²) in [5.41, 5.74) is -0.693. The molecule has 194 valence electrons. The monoisotopic (exact) mass is 562 g/mol. The molecule has 0 aliphatic heterocycles. The van der Waals surface area contributed by atoms with Crippen LogP contribution >= 0.6 is 21.6 Å². The minimum atomic E-state index is -4.92. The molecule has 0 spiro atoms. The van der Waals surface area contributed by atoms with E-state index in [0.717, 1.165) is 12.3 Å². The summed E-state index contributed by atoms with van der Waals surface area (Å²) in [6, 6.07) is 4.08. The van der Waals surface area contributed by atoms with Crippen LogP contribution in [0.15, 0.2) is 40.4 Å². The van der Waals surface area contributed by atoms with Crippen molar-refractivity contribution in [2.24, 2.45) is 0 Å². The first-order valence-corrected chi connectivity index (χ1v) is 13.3. The summed E-state index contributed by atoms with van der Waals surface area (Å²) in [4.78, 5) is 30.2. The van der Waals surface area contributed by atoms with Gasteiger partial charge < -0.3 is 25.3 Å². The molecule has 3 aromatic rings. The summed E-state index contributed by atoms with van der Waals surface area (Å²) >= 11 is 0. The lowest BCUT2D eigenvalue weighted by Gasteiger charge is -2.11. The third kappa shape index (κ3) is 5.96. The highest BCUT2D eigenvalue weighted by atomic mass is 33.1. The predicted molar refractivity (Wildman–Crippen MR) is 125 cm³/mol. The van der Waals surface area contributed by atoms with E-state index < -0.39 is 55.1 Å². The van der Waals surface area contributed by atoms with Crippen LogP contribution in [0, 0.1) is 10.1 Å².